The van der Waals surface area contributed by atoms with E-state index in [1.54, 1.807) is 24.4 Å². The third kappa shape index (κ3) is 4.82. The number of anilines is 1. The lowest BCUT2D eigenvalue weighted by molar-refractivity contribution is -0.139. The van der Waals surface area contributed by atoms with Crippen molar-refractivity contribution >= 4 is 17.8 Å². The topological polar surface area (TPSA) is 91.3 Å². The van der Waals surface area contributed by atoms with E-state index >= 15 is 0 Å². The Morgan fingerprint density at radius 2 is 2.11 bits per heavy atom. The normalized spacial score (nSPS) is 11.9. The average molecular weight is 251 g/mol. The van der Waals surface area contributed by atoms with Crippen LogP contribution in [0.25, 0.3) is 0 Å². The monoisotopic (exact) mass is 251 g/mol. The first-order valence-corrected chi connectivity index (χ1v) is 5.70. The molecule has 1 atom stereocenters. The summed E-state index contributed by atoms with van der Waals surface area (Å²) in [6.45, 7) is 3.79. The zero-order valence-electron chi connectivity index (χ0n) is 10.4. The predicted molar refractivity (Wildman–Crippen MR) is 67.3 cm³/mol. The molecule has 0 saturated carbocycles. The van der Waals surface area contributed by atoms with Crippen LogP contribution in [-0.4, -0.2) is 28.1 Å². The molecule has 3 N–H and O–H groups in total. The van der Waals surface area contributed by atoms with Crippen LogP contribution in [0.15, 0.2) is 24.4 Å². The van der Waals surface area contributed by atoms with Gasteiger partial charge in [0.1, 0.15) is 11.9 Å². The number of urea groups is 1. The maximum absolute atomic E-state index is 11.6. The molecule has 1 rings (SSSR count). The van der Waals surface area contributed by atoms with E-state index in [2.05, 4.69) is 15.6 Å². The van der Waals surface area contributed by atoms with Crippen LogP contribution in [0.5, 0.6) is 0 Å². The third-order valence-corrected chi connectivity index (χ3v) is 2.22. The molecule has 0 spiro atoms. The number of carbonyl (C=O) groups is 2. The molecular formula is C12H17N3O3. The molecule has 1 unspecified atom stereocenters. The first kappa shape index (κ1) is 14.0. The Kier molecular flexibility index (Phi) is 5.10. The van der Waals surface area contributed by atoms with Crippen molar-refractivity contribution in [2.45, 2.75) is 26.3 Å². The summed E-state index contributed by atoms with van der Waals surface area (Å²) in [4.78, 5) is 26.5. The molecule has 0 fully saturated rings. The number of aromatic nitrogens is 1. The predicted octanol–water partition coefficient (Wildman–Crippen LogP) is 1.70. The van der Waals surface area contributed by atoms with Gasteiger partial charge in [-0.25, -0.2) is 14.6 Å². The Morgan fingerprint density at radius 1 is 1.39 bits per heavy atom. The molecule has 6 nitrogen and oxygen atoms in total. The highest BCUT2D eigenvalue weighted by Crippen LogP contribution is 2.06. The minimum Gasteiger partial charge on any atom is -0.480 e. The van der Waals surface area contributed by atoms with Crippen molar-refractivity contribution in [2.75, 3.05) is 5.32 Å². The van der Waals surface area contributed by atoms with Crippen molar-refractivity contribution in [1.29, 1.82) is 0 Å². The molecule has 0 aliphatic rings. The van der Waals surface area contributed by atoms with Crippen molar-refractivity contribution < 1.29 is 14.7 Å². The van der Waals surface area contributed by atoms with Gasteiger partial charge in [-0.15, -0.1) is 0 Å². The summed E-state index contributed by atoms with van der Waals surface area (Å²) in [5.74, 6) is -0.482. The largest absolute Gasteiger partial charge is 0.480 e. The summed E-state index contributed by atoms with van der Waals surface area (Å²) in [7, 11) is 0. The Balaban J connectivity index is 2.54. The highest BCUT2D eigenvalue weighted by Gasteiger charge is 2.20. The van der Waals surface area contributed by atoms with Gasteiger partial charge >= 0.3 is 12.0 Å². The van der Waals surface area contributed by atoms with Gasteiger partial charge in [-0.2, -0.15) is 0 Å². The van der Waals surface area contributed by atoms with Gasteiger partial charge in [0.05, 0.1) is 0 Å². The lowest BCUT2D eigenvalue weighted by Crippen LogP contribution is -2.43. The fourth-order valence-electron chi connectivity index (χ4n) is 1.44. The maximum Gasteiger partial charge on any atom is 0.326 e. The minimum atomic E-state index is -1.04. The van der Waals surface area contributed by atoms with E-state index in [9.17, 15) is 9.59 Å². The number of hydrogen-bond donors (Lipinski definition) is 3. The van der Waals surface area contributed by atoms with Crippen LogP contribution in [0.4, 0.5) is 10.6 Å². The molecule has 6 heteroatoms. The van der Waals surface area contributed by atoms with E-state index < -0.39 is 18.0 Å². The average Bonchev–Trinajstić information content (AvgIpc) is 2.28. The van der Waals surface area contributed by atoms with Crippen molar-refractivity contribution in [1.82, 2.24) is 10.3 Å². The number of aliphatic carboxylic acids is 1. The highest BCUT2D eigenvalue weighted by atomic mass is 16.4. The van der Waals surface area contributed by atoms with Crippen LogP contribution in [0.3, 0.4) is 0 Å². The smallest absolute Gasteiger partial charge is 0.326 e. The summed E-state index contributed by atoms with van der Waals surface area (Å²) in [6, 6.07) is 3.61. The number of carbonyl (C=O) groups excluding carboxylic acids is 1. The highest BCUT2D eigenvalue weighted by molar-refractivity contribution is 5.91. The number of carboxylic acid groups (broad SMARTS) is 1. The first-order valence-electron chi connectivity index (χ1n) is 5.70. The zero-order valence-corrected chi connectivity index (χ0v) is 10.4. The van der Waals surface area contributed by atoms with E-state index in [1.807, 2.05) is 13.8 Å². The van der Waals surface area contributed by atoms with Crippen molar-refractivity contribution in [2.24, 2.45) is 5.92 Å². The van der Waals surface area contributed by atoms with Crippen LogP contribution in [0.2, 0.25) is 0 Å². The number of hydrogen-bond acceptors (Lipinski definition) is 3. The number of pyridine rings is 1. The first-order chi connectivity index (χ1) is 8.49. The van der Waals surface area contributed by atoms with Crippen molar-refractivity contribution in [3.8, 4) is 0 Å². The van der Waals surface area contributed by atoms with Crippen LogP contribution < -0.4 is 10.6 Å². The zero-order chi connectivity index (χ0) is 13.5. The molecule has 0 aliphatic heterocycles. The number of carboxylic acids is 1. The molecular weight excluding hydrogens is 234 g/mol. The van der Waals surface area contributed by atoms with E-state index in [0.717, 1.165) is 0 Å². The molecule has 2 amide bonds. The van der Waals surface area contributed by atoms with E-state index in [0.29, 0.717) is 12.2 Å². The van der Waals surface area contributed by atoms with Crippen LogP contribution >= 0.6 is 0 Å². The second-order valence-electron chi connectivity index (χ2n) is 4.33. The van der Waals surface area contributed by atoms with E-state index in [1.165, 1.54) is 0 Å². The van der Waals surface area contributed by atoms with Crippen LogP contribution in [-0.2, 0) is 4.79 Å². The fraction of sp³-hybridized carbons (Fsp3) is 0.417. The standard InChI is InChI=1S/C12H17N3O3/c1-8(2)7-9(11(16)17)14-12(18)15-10-5-3-4-6-13-10/h3-6,8-9H,7H2,1-2H3,(H,16,17)(H2,13,14,15,18). The number of nitrogens with one attached hydrogen (secondary N) is 2. The maximum atomic E-state index is 11.6. The summed E-state index contributed by atoms with van der Waals surface area (Å²) in [6.07, 6.45) is 1.92. The molecule has 1 aromatic heterocycles. The molecule has 1 heterocycles. The Bertz CT molecular complexity index is 406. The Hall–Kier alpha value is -2.11. The Labute approximate surface area is 105 Å². The summed E-state index contributed by atoms with van der Waals surface area (Å²) in [5.41, 5.74) is 0. The molecule has 0 aromatic carbocycles. The number of nitrogens with zero attached hydrogens (tertiary/aromatic N) is 1. The van der Waals surface area contributed by atoms with Gasteiger partial charge in [0.15, 0.2) is 0 Å². The minimum absolute atomic E-state index is 0.182. The van der Waals surface area contributed by atoms with Gasteiger partial charge in [0.2, 0.25) is 0 Å². The molecule has 98 valence electrons. The van der Waals surface area contributed by atoms with Gasteiger partial charge < -0.3 is 10.4 Å². The van der Waals surface area contributed by atoms with E-state index in [-0.39, 0.29) is 5.92 Å². The summed E-state index contributed by atoms with van der Waals surface area (Å²) >= 11 is 0. The SMILES string of the molecule is CC(C)CC(NC(=O)Nc1ccccn1)C(=O)O. The summed E-state index contributed by atoms with van der Waals surface area (Å²) in [5, 5.41) is 13.9. The molecule has 0 radical (unpaired) electrons. The second-order valence-corrected chi connectivity index (χ2v) is 4.33. The molecule has 1 aromatic rings. The molecule has 0 aliphatic carbocycles. The lowest BCUT2D eigenvalue weighted by Gasteiger charge is -2.16. The number of amides is 2. The third-order valence-electron chi connectivity index (χ3n) is 2.22. The lowest BCUT2D eigenvalue weighted by atomic mass is 10.0. The second kappa shape index (κ2) is 6.58. The Morgan fingerprint density at radius 3 is 2.61 bits per heavy atom. The molecule has 0 bridgehead atoms. The van der Waals surface area contributed by atoms with Crippen molar-refractivity contribution in [3.63, 3.8) is 0 Å². The quantitative estimate of drug-likeness (QED) is 0.742. The van der Waals surface area contributed by atoms with Crippen LogP contribution in [0.1, 0.15) is 20.3 Å². The van der Waals surface area contributed by atoms with Gasteiger partial charge in [0, 0.05) is 6.20 Å². The summed E-state index contributed by atoms with van der Waals surface area (Å²) < 4.78 is 0. The number of rotatable bonds is 5. The van der Waals surface area contributed by atoms with Gasteiger partial charge in [0.25, 0.3) is 0 Å². The van der Waals surface area contributed by atoms with Crippen molar-refractivity contribution in [3.05, 3.63) is 24.4 Å². The van der Waals surface area contributed by atoms with Gasteiger partial charge in [-0.05, 0) is 24.5 Å². The molecule has 18 heavy (non-hydrogen) atoms. The van der Waals surface area contributed by atoms with Gasteiger partial charge in [-0.1, -0.05) is 19.9 Å². The molecule has 0 saturated heterocycles. The van der Waals surface area contributed by atoms with Gasteiger partial charge in [-0.3, -0.25) is 5.32 Å². The van der Waals surface area contributed by atoms with E-state index in [4.69, 9.17) is 5.11 Å². The van der Waals surface area contributed by atoms with Crippen LogP contribution in [0, 0.1) is 5.92 Å². The fourth-order valence-corrected chi connectivity index (χ4v) is 1.44.